The number of amides is 2. The van der Waals surface area contributed by atoms with Crippen LogP contribution < -0.4 is 14.8 Å². The van der Waals surface area contributed by atoms with E-state index in [1.165, 1.54) is 0 Å². The van der Waals surface area contributed by atoms with Crippen molar-refractivity contribution in [1.29, 1.82) is 0 Å². The number of ether oxygens (including phenoxy) is 2. The van der Waals surface area contributed by atoms with E-state index in [1.54, 1.807) is 11.8 Å². The number of carbonyl (C=O) groups excluding carboxylic acids is 2. The van der Waals surface area contributed by atoms with E-state index in [4.69, 9.17) is 9.47 Å². The number of hydrogen-bond donors (Lipinski definition) is 1. The van der Waals surface area contributed by atoms with Crippen LogP contribution in [0.5, 0.6) is 11.5 Å². The molecule has 0 heterocycles. The molecule has 0 aliphatic heterocycles. The highest BCUT2D eigenvalue weighted by Gasteiger charge is 2.26. The van der Waals surface area contributed by atoms with Crippen LogP contribution >= 0.6 is 0 Å². The smallest absolute Gasteiger partial charge is 0.242 e. The molecular weight excluding hydrogens is 428 g/mol. The van der Waals surface area contributed by atoms with Crippen molar-refractivity contribution in [2.75, 3.05) is 19.8 Å². The van der Waals surface area contributed by atoms with Crippen LogP contribution in [0.15, 0.2) is 42.5 Å². The molecule has 2 aromatic rings. The predicted molar refractivity (Wildman–Crippen MR) is 136 cm³/mol. The van der Waals surface area contributed by atoms with Crippen molar-refractivity contribution in [2.24, 2.45) is 5.92 Å². The molecule has 186 valence electrons. The SMILES string of the molecule is CCOc1ccc(CCC(=O)N(Cc2cccc(C)c2)C(C)C(=O)NCC(C)C)cc1OCC. The summed E-state index contributed by atoms with van der Waals surface area (Å²) >= 11 is 0. The molecule has 0 saturated heterocycles. The molecule has 6 heteroatoms. The minimum absolute atomic E-state index is 0.0550. The Morgan fingerprint density at radius 1 is 0.941 bits per heavy atom. The van der Waals surface area contributed by atoms with Crippen LogP contribution in [0.25, 0.3) is 0 Å². The highest BCUT2D eigenvalue weighted by Crippen LogP contribution is 2.29. The molecule has 1 atom stereocenters. The zero-order valence-electron chi connectivity index (χ0n) is 21.5. The molecule has 0 radical (unpaired) electrons. The van der Waals surface area contributed by atoms with Gasteiger partial charge in [-0.25, -0.2) is 0 Å². The molecule has 0 aromatic heterocycles. The first-order valence-corrected chi connectivity index (χ1v) is 12.3. The van der Waals surface area contributed by atoms with E-state index >= 15 is 0 Å². The average molecular weight is 469 g/mol. The average Bonchev–Trinajstić information content (AvgIpc) is 2.80. The van der Waals surface area contributed by atoms with Gasteiger partial charge in [0.05, 0.1) is 13.2 Å². The van der Waals surface area contributed by atoms with Gasteiger partial charge in [-0.2, -0.15) is 0 Å². The first kappa shape index (κ1) is 27.2. The van der Waals surface area contributed by atoms with E-state index in [0.29, 0.717) is 56.6 Å². The molecule has 1 N–H and O–H groups in total. The molecule has 0 saturated carbocycles. The van der Waals surface area contributed by atoms with Crippen LogP contribution in [0.2, 0.25) is 0 Å². The van der Waals surface area contributed by atoms with E-state index in [9.17, 15) is 9.59 Å². The molecule has 6 nitrogen and oxygen atoms in total. The van der Waals surface area contributed by atoms with E-state index in [0.717, 1.165) is 16.7 Å². The van der Waals surface area contributed by atoms with Gasteiger partial charge in [0.2, 0.25) is 11.8 Å². The summed E-state index contributed by atoms with van der Waals surface area (Å²) in [6, 6.07) is 13.3. The lowest BCUT2D eigenvalue weighted by Crippen LogP contribution is -2.48. The van der Waals surface area contributed by atoms with Gasteiger partial charge < -0.3 is 19.7 Å². The lowest BCUT2D eigenvalue weighted by Gasteiger charge is -2.29. The second kappa shape index (κ2) is 13.6. The zero-order valence-corrected chi connectivity index (χ0v) is 21.5. The Bertz CT molecular complexity index is 942. The maximum absolute atomic E-state index is 13.4. The quantitative estimate of drug-likeness (QED) is 0.453. The normalized spacial score (nSPS) is 11.7. The van der Waals surface area contributed by atoms with Crippen molar-refractivity contribution in [3.63, 3.8) is 0 Å². The molecule has 0 spiro atoms. The van der Waals surface area contributed by atoms with Gasteiger partial charge in [0.15, 0.2) is 11.5 Å². The Labute approximate surface area is 204 Å². The third-order valence-corrected chi connectivity index (χ3v) is 5.52. The first-order valence-electron chi connectivity index (χ1n) is 12.3. The van der Waals surface area contributed by atoms with Crippen LogP contribution in [0.1, 0.15) is 57.7 Å². The van der Waals surface area contributed by atoms with Crippen molar-refractivity contribution in [3.05, 3.63) is 59.2 Å². The monoisotopic (exact) mass is 468 g/mol. The van der Waals surface area contributed by atoms with Crippen LogP contribution in [0.3, 0.4) is 0 Å². The summed E-state index contributed by atoms with van der Waals surface area (Å²) in [5, 5.41) is 2.96. The van der Waals surface area contributed by atoms with Gasteiger partial charge in [-0.15, -0.1) is 0 Å². The molecule has 1 unspecified atom stereocenters. The molecule has 0 bridgehead atoms. The highest BCUT2D eigenvalue weighted by atomic mass is 16.5. The number of nitrogens with one attached hydrogen (secondary N) is 1. The lowest BCUT2D eigenvalue weighted by molar-refractivity contribution is -0.140. The maximum atomic E-state index is 13.4. The third kappa shape index (κ3) is 8.40. The highest BCUT2D eigenvalue weighted by molar-refractivity contribution is 5.87. The largest absolute Gasteiger partial charge is 0.490 e. The van der Waals surface area contributed by atoms with Crippen LogP contribution in [0.4, 0.5) is 0 Å². The molecule has 2 aromatic carbocycles. The van der Waals surface area contributed by atoms with Crippen molar-refractivity contribution in [1.82, 2.24) is 10.2 Å². The van der Waals surface area contributed by atoms with Gasteiger partial charge in [-0.05, 0) is 63.3 Å². The Kier molecular flexibility index (Phi) is 10.9. The summed E-state index contributed by atoms with van der Waals surface area (Å²) in [6.45, 7) is 13.9. The van der Waals surface area contributed by atoms with Gasteiger partial charge in [-0.1, -0.05) is 49.7 Å². The number of aryl methyl sites for hydroxylation is 2. The summed E-state index contributed by atoms with van der Waals surface area (Å²) in [5.41, 5.74) is 3.13. The second-order valence-corrected chi connectivity index (χ2v) is 8.97. The molecule has 2 amide bonds. The van der Waals surface area contributed by atoms with E-state index in [1.807, 2.05) is 71.0 Å². The topological polar surface area (TPSA) is 67.9 Å². The molecule has 2 rings (SSSR count). The number of rotatable bonds is 13. The Morgan fingerprint density at radius 3 is 2.29 bits per heavy atom. The second-order valence-electron chi connectivity index (χ2n) is 8.97. The fraction of sp³-hybridized carbons (Fsp3) is 0.500. The Balaban J connectivity index is 2.17. The number of nitrogens with zero attached hydrogens (tertiary/aromatic N) is 1. The van der Waals surface area contributed by atoms with E-state index in [2.05, 4.69) is 11.4 Å². The summed E-state index contributed by atoms with van der Waals surface area (Å²) in [7, 11) is 0. The minimum Gasteiger partial charge on any atom is -0.490 e. The predicted octanol–water partition coefficient (Wildman–Crippen LogP) is 4.91. The molecular formula is C28H40N2O4. The number of benzene rings is 2. The third-order valence-electron chi connectivity index (χ3n) is 5.52. The lowest BCUT2D eigenvalue weighted by atomic mass is 10.1. The molecule has 34 heavy (non-hydrogen) atoms. The van der Waals surface area contributed by atoms with Gasteiger partial charge in [0, 0.05) is 19.5 Å². The molecule has 0 aliphatic carbocycles. The van der Waals surface area contributed by atoms with Crippen LogP contribution in [0, 0.1) is 12.8 Å². The van der Waals surface area contributed by atoms with Crippen molar-refractivity contribution >= 4 is 11.8 Å². The van der Waals surface area contributed by atoms with Crippen molar-refractivity contribution < 1.29 is 19.1 Å². The Hall–Kier alpha value is -3.02. The van der Waals surface area contributed by atoms with Gasteiger partial charge in [0.1, 0.15) is 6.04 Å². The number of carbonyl (C=O) groups is 2. The number of hydrogen-bond acceptors (Lipinski definition) is 4. The zero-order chi connectivity index (χ0) is 25.1. The van der Waals surface area contributed by atoms with Crippen molar-refractivity contribution in [2.45, 2.75) is 67.0 Å². The summed E-state index contributed by atoms with van der Waals surface area (Å²) in [6.07, 6.45) is 0.850. The van der Waals surface area contributed by atoms with Gasteiger partial charge in [0.25, 0.3) is 0 Å². The fourth-order valence-corrected chi connectivity index (χ4v) is 3.69. The first-order chi connectivity index (χ1) is 16.2. The van der Waals surface area contributed by atoms with E-state index in [-0.39, 0.29) is 11.8 Å². The Morgan fingerprint density at radius 2 is 1.65 bits per heavy atom. The summed E-state index contributed by atoms with van der Waals surface area (Å²) in [5.74, 6) is 1.55. The minimum atomic E-state index is -0.564. The van der Waals surface area contributed by atoms with Crippen molar-refractivity contribution in [3.8, 4) is 11.5 Å². The standard InChI is InChI=1S/C28H40N2O4/c1-7-33-25-14-12-23(17-26(25)34-8-2)13-15-27(31)30(19-24-11-9-10-21(5)16-24)22(6)28(32)29-18-20(3)4/h9-12,14,16-17,20,22H,7-8,13,15,18-19H2,1-6H3,(H,29,32). The maximum Gasteiger partial charge on any atom is 0.242 e. The van der Waals surface area contributed by atoms with E-state index < -0.39 is 6.04 Å². The van der Waals surface area contributed by atoms with Gasteiger partial charge >= 0.3 is 0 Å². The fourth-order valence-electron chi connectivity index (χ4n) is 3.69. The molecule has 0 fully saturated rings. The molecule has 0 aliphatic rings. The summed E-state index contributed by atoms with van der Waals surface area (Å²) in [4.78, 5) is 27.8. The summed E-state index contributed by atoms with van der Waals surface area (Å²) < 4.78 is 11.4. The van der Waals surface area contributed by atoms with Crippen LogP contribution in [-0.4, -0.2) is 42.5 Å². The van der Waals surface area contributed by atoms with Gasteiger partial charge in [-0.3, -0.25) is 9.59 Å². The van der Waals surface area contributed by atoms with Crippen LogP contribution in [-0.2, 0) is 22.6 Å².